The molecular weight excluding hydrogens is 459 g/mol. The van der Waals surface area contributed by atoms with E-state index in [9.17, 15) is 22.8 Å². The van der Waals surface area contributed by atoms with E-state index in [1.807, 2.05) is 18.2 Å². The van der Waals surface area contributed by atoms with Gasteiger partial charge in [-0.3, -0.25) is 9.59 Å². The summed E-state index contributed by atoms with van der Waals surface area (Å²) in [6.45, 7) is 0.265. The van der Waals surface area contributed by atoms with Crippen molar-refractivity contribution in [1.29, 1.82) is 0 Å². The van der Waals surface area contributed by atoms with Crippen molar-refractivity contribution in [2.75, 3.05) is 5.32 Å². The fourth-order valence-electron chi connectivity index (χ4n) is 2.61. The van der Waals surface area contributed by atoms with Gasteiger partial charge >= 0.3 is 18.0 Å². The van der Waals surface area contributed by atoms with E-state index >= 15 is 0 Å². The first-order valence-electron chi connectivity index (χ1n) is 9.50. The zero-order valence-electron chi connectivity index (χ0n) is 16.9. The van der Waals surface area contributed by atoms with Crippen LogP contribution in [0.15, 0.2) is 77.9 Å². The van der Waals surface area contributed by atoms with E-state index in [2.05, 4.69) is 15.8 Å². The van der Waals surface area contributed by atoms with Gasteiger partial charge in [-0.2, -0.15) is 18.3 Å². The molecule has 0 fully saturated rings. The molecule has 0 saturated heterocycles. The van der Waals surface area contributed by atoms with Crippen LogP contribution in [0, 0.1) is 0 Å². The first kappa shape index (κ1) is 23.8. The van der Waals surface area contributed by atoms with Crippen LogP contribution in [0.5, 0.6) is 5.75 Å². The number of alkyl halides is 3. The molecule has 0 saturated carbocycles. The zero-order valence-corrected chi connectivity index (χ0v) is 17.7. The predicted octanol–water partition coefficient (Wildman–Crippen LogP) is 5.03. The minimum atomic E-state index is -4.49. The fourth-order valence-corrected chi connectivity index (χ4v) is 2.80. The number of ether oxygens (including phenoxy) is 1. The van der Waals surface area contributed by atoms with Gasteiger partial charge in [-0.15, -0.1) is 0 Å². The highest BCUT2D eigenvalue weighted by molar-refractivity contribution is 6.39. The lowest BCUT2D eigenvalue weighted by Gasteiger charge is -2.08. The van der Waals surface area contributed by atoms with Gasteiger partial charge in [-0.05, 0) is 48.0 Å². The van der Waals surface area contributed by atoms with Gasteiger partial charge in [0.05, 0.1) is 11.8 Å². The average Bonchev–Trinajstić information content (AvgIpc) is 2.78. The molecule has 3 aromatic carbocycles. The molecule has 2 N–H and O–H groups in total. The van der Waals surface area contributed by atoms with Crippen molar-refractivity contribution in [3.8, 4) is 5.75 Å². The number of rotatable bonds is 6. The van der Waals surface area contributed by atoms with Crippen molar-refractivity contribution >= 4 is 35.3 Å². The molecule has 0 atom stereocenters. The van der Waals surface area contributed by atoms with Crippen LogP contribution >= 0.6 is 11.6 Å². The monoisotopic (exact) mass is 475 g/mol. The largest absolute Gasteiger partial charge is 0.489 e. The molecule has 0 bridgehead atoms. The van der Waals surface area contributed by atoms with Gasteiger partial charge in [0, 0.05) is 16.3 Å². The molecule has 0 radical (unpaired) electrons. The molecule has 170 valence electrons. The van der Waals surface area contributed by atoms with Gasteiger partial charge in [-0.1, -0.05) is 41.9 Å². The molecule has 2 amide bonds. The number of nitrogens with zero attached hydrogens (tertiary/aromatic N) is 1. The third kappa shape index (κ3) is 7.08. The summed E-state index contributed by atoms with van der Waals surface area (Å²) in [4.78, 5) is 23.8. The van der Waals surface area contributed by atoms with E-state index in [1.54, 1.807) is 30.3 Å². The Bertz CT molecular complexity index is 1170. The molecule has 0 aliphatic heterocycles. The number of amides is 2. The van der Waals surface area contributed by atoms with E-state index in [-0.39, 0.29) is 12.3 Å². The van der Waals surface area contributed by atoms with Crippen LogP contribution in [0.25, 0.3) is 0 Å². The number of anilines is 1. The fraction of sp³-hybridized carbons (Fsp3) is 0.0870. The number of carbonyl (C=O) groups excluding carboxylic acids is 2. The summed E-state index contributed by atoms with van der Waals surface area (Å²) in [6, 6.07) is 17.8. The number of hydrogen-bond acceptors (Lipinski definition) is 4. The van der Waals surface area contributed by atoms with Gasteiger partial charge in [0.25, 0.3) is 0 Å². The highest BCUT2D eigenvalue weighted by Gasteiger charge is 2.30. The molecule has 6 nitrogen and oxygen atoms in total. The highest BCUT2D eigenvalue weighted by atomic mass is 35.5. The van der Waals surface area contributed by atoms with Crippen molar-refractivity contribution in [2.45, 2.75) is 12.8 Å². The second kappa shape index (κ2) is 10.6. The molecular formula is C23H17ClF3N3O3. The minimum absolute atomic E-state index is 0.0375. The lowest BCUT2D eigenvalue weighted by atomic mass is 10.2. The van der Waals surface area contributed by atoms with Crippen LogP contribution in [0.2, 0.25) is 5.02 Å². The Hall–Kier alpha value is -3.85. The number of benzene rings is 3. The molecule has 0 heterocycles. The van der Waals surface area contributed by atoms with E-state index in [4.69, 9.17) is 16.3 Å². The zero-order chi connectivity index (χ0) is 23.8. The number of nitrogens with one attached hydrogen (secondary N) is 2. The Balaban J connectivity index is 1.52. The maximum Gasteiger partial charge on any atom is 0.416 e. The minimum Gasteiger partial charge on any atom is -0.489 e. The normalized spacial score (nSPS) is 11.3. The van der Waals surface area contributed by atoms with Crippen molar-refractivity contribution in [2.24, 2.45) is 5.10 Å². The van der Waals surface area contributed by atoms with Crippen molar-refractivity contribution in [1.82, 2.24) is 5.43 Å². The molecule has 3 rings (SSSR count). The van der Waals surface area contributed by atoms with Gasteiger partial charge < -0.3 is 10.1 Å². The summed E-state index contributed by atoms with van der Waals surface area (Å²) in [5, 5.41) is 6.50. The topological polar surface area (TPSA) is 79.8 Å². The Morgan fingerprint density at radius 3 is 2.39 bits per heavy atom. The maximum absolute atomic E-state index is 12.6. The molecule has 0 aromatic heterocycles. The Morgan fingerprint density at radius 1 is 0.970 bits per heavy atom. The SMILES string of the molecule is O=C(NN=Cc1cccc(OCc2ccccc2Cl)c1)C(=O)Nc1ccc(C(F)(F)F)cc1. The molecule has 0 aliphatic rings. The third-order valence-electron chi connectivity index (χ3n) is 4.27. The summed E-state index contributed by atoms with van der Waals surface area (Å²) >= 11 is 6.10. The van der Waals surface area contributed by atoms with Gasteiger partial charge in [0.2, 0.25) is 0 Å². The van der Waals surface area contributed by atoms with Gasteiger partial charge in [0.15, 0.2) is 0 Å². The number of carbonyl (C=O) groups is 2. The van der Waals surface area contributed by atoms with Crippen molar-refractivity contribution in [3.63, 3.8) is 0 Å². The Kier molecular flexibility index (Phi) is 7.68. The van der Waals surface area contributed by atoms with Crippen LogP contribution in [0.3, 0.4) is 0 Å². The van der Waals surface area contributed by atoms with Gasteiger partial charge in [0.1, 0.15) is 12.4 Å². The average molecular weight is 476 g/mol. The standard InChI is InChI=1S/C23H17ClF3N3O3/c24-20-7-2-1-5-16(20)14-33-19-6-3-4-15(12-19)13-28-30-22(32)21(31)29-18-10-8-17(9-11-18)23(25,26)27/h1-13H,14H2,(H,29,31)(H,30,32). The van der Waals surface area contributed by atoms with Crippen LogP contribution in [0.4, 0.5) is 18.9 Å². The molecule has 0 aliphatic carbocycles. The third-order valence-corrected chi connectivity index (χ3v) is 4.64. The lowest BCUT2D eigenvalue weighted by molar-refractivity contribution is -0.137. The summed E-state index contributed by atoms with van der Waals surface area (Å²) in [6.07, 6.45) is -3.18. The maximum atomic E-state index is 12.6. The van der Waals surface area contributed by atoms with Crippen LogP contribution in [-0.2, 0) is 22.4 Å². The van der Waals surface area contributed by atoms with Crippen LogP contribution < -0.4 is 15.5 Å². The molecule has 0 unspecified atom stereocenters. The van der Waals surface area contributed by atoms with E-state index in [0.717, 1.165) is 29.8 Å². The first-order valence-corrected chi connectivity index (χ1v) is 9.88. The second-order valence-corrected chi connectivity index (χ2v) is 7.09. The lowest BCUT2D eigenvalue weighted by Crippen LogP contribution is -2.32. The molecule has 33 heavy (non-hydrogen) atoms. The number of halogens is 4. The Labute approximate surface area is 192 Å². The number of hydrazone groups is 1. The Morgan fingerprint density at radius 2 is 1.70 bits per heavy atom. The quantitative estimate of drug-likeness (QED) is 0.298. The van der Waals surface area contributed by atoms with Gasteiger partial charge in [-0.25, -0.2) is 5.43 Å². The summed E-state index contributed by atoms with van der Waals surface area (Å²) in [5.41, 5.74) is 2.64. The molecule has 10 heteroatoms. The van der Waals surface area contributed by atoms with E-state index < -0.39 is 23.6 Å². The molecule has 3 aromatic rings. The van der Waals surface area contributed by atoms with Crippen LogP contribution in [0.1, 0.15) is 16.7 Å². The second-order valence-electron chi connectivity index (χ2n) is 6.68. The van der Waals surface area contributed by atoms with Crippen molar-refractivity contribution < 1.29 is 27.5 Å². The number of hydrogen-bond donors (Lipinski definition) is 2. The summed E-state index contributed by atoms with van der Waals surface area (Å²) in [5.74, 6) is -1.62. The van der Waals surface area contributed by atoms with Crippen molar-refractivity contribution in [3.05, 3.63) is 94.5 Å². The summed E-state index contributed by atoms with van der Waals surface area (Å²) < 4.78 is 43.4. The first-order chi connectivity index (χ1) is 15.7. The smallest absolute Gasteiger partial charge is 0.416 e. The van der Waals surface area contributed by atoms with E-state index in [0.29, 0.717) is 16.3 Å². The van der Waals surface area contributed by atoms with E-state index in [1.165, 1.54) is 6.21 Å². The molecule has 0 spiro atoms. The summed E-state index contributed by atoms with van der Waals surface area (Å²) in [7, 11) is 0. The van der Waals surface area contributed by atoms with Crippen LogP contribution in [-0.4, -0.2) is 18.0 Å². The highest BCUT2D eigenvalue weighted by Crippen LogP contribution is 2.29. The predicted molar refractivity (Wildman–Crippen MR) is 118 cm³/mol.